The maximum absolute atomic E-state index is 11.6. The maximum Gasteiger partial charge on any atom is 0.244 e. The number of piperazine rings is 1. The highest BCUT2D eigenvalue weighted by molar-refractivity contribution is 5.78. The van der Waals surface area contributed by atoms with Crippen molar-refractivity contribution in [2.24, 2.45) is 0 Å². The van der Waals surface area contributed by atoms with Crippen LogP contribution in [0.3, 0.4) is 0 Å². The molecule has 0 saturated carbocycles. The summed E-state index contributed by atoms with van der Waals surface area (Å²) >= 11 is 0. The van der Waals surface area contributed by atoms with Gasteiger partial charge < -0.3 is 14.3 Å². The lowest BCUT2D eigenvalue weighted by atomic mass is 10.1. The number of pyridine rings is 2. The SMILES string of the molecule is CC(=O)N1CCN(c2cc(-c3noc(C4CCCN4Cc4cnc5ccccc5c4)n3)ccn2)CC1. The molecular weight excluding hydrogens is 454 g/mol. The summed E-state index contributed by atoms with van der Waals surface area (Å²) in [5, 5.41) is 5.47. The van der Waals surface area contributed by atoms with E-state index in [2.05, 4.69) is 37.1 Å². The lowest BCUT2D eigenvalue weighted by molar-refractivity contribution is -0.129. The van der Waals surface area contributed by atoms with Crippen molar-refractivity contribution in [1.82, 2.24) is 29.9 Å². The van der Waals surface area contributed by atoms with Gasteiger partial charge in [0.05, 0.1) is 11.6 Å². The van der Waals surface area contributed by atoms with Crippen LogP contribution in [0.25, 0.3) is 22.3 Å². The predicted molar refractivity (Wildman–Crippen MR) is 136 cm³/mol. The van der Waals surface area contributed by atoms with Crippen molar-refractivity contribution in [2.45, 2.75) is 32.4 Å². The van der Waals surface area contributed by atoms with Crippen molar-refractivity contribution in [3.05, 3.63) is 66.3 Å². The van der Waals surface area contributed by atoms with E-state index in [1.54, 1.807) is 13.1 Å². The van der Waals surface area contributed by atoms with E-state index in [0.29, 0.717) is 24.8 Å². The molecule has 1 atom stereocenters. The first-order chi connectivity index (χ1) is 17.6. The molecule has 1 unspecified atom stereocenters. The second-order valence-electron chi connectivity index (χ2n) is 9.52. The van der Waals surface area contributed by atoms with Crippen LogP contribution in [0.4, 0.5) is 5.82 Å². The summed E-state index contributed by atoms with van der Waals surface area (Å²) in [7, 11) is 0. The molecule has 0 aliphatic carbocycles. The zero-order chi connectivity index (χ0) is 24.5. The predicted octanol–water partition coefficient (Wildman–Crippen LogP) is 3.69. The fourth-order valence-electron chi connectivity index (χ4n) is 5.20. The van der Waals surface area contributed by atoms with E-state index < -0.39 is 0 Å². The van der Waals surface area contributed by atoms with Crippen LogP contribution in [0, 0.1) is 0 Å². The fourth-order valence-corrected chi connectivity index (χ4v) is 5.20. The van der Waals surface area contributed by atoms with Crippen LogP contribution >= 0.6 is 0 Å². The number of benzene rings is 1. The number of carbonyl (C=O) groups is 1. The van der Waals surface area contributed by atoms with E-state index in [4.69, 9.17) is 9.51 Å². The quantitative estimate of drug-likeness (QED) is 0.425. The van der Waals surface area contributed by atoms with E-state index >= 15 is 0 Å². The number of likely N-dealkylation sites (tertiary alicyclic amines) is 1. The highest BCUT2D eigenvalue weighted by atomic mass is 16.5. The smallest absolute Gasteiger partial charge is 0.244 e. The Labute approximate surface area is 209 Å². The summed E-state index contributed by atoms with van der Waals surface area (Å²) in [5.41, 5.74) is 3.08. The molecule has 184 valence electrons. The molecular formula is C27H29N7O2. The minimum absolute atomic E-state index is 0.0960. The molecule has 1 aromatic carbocycles. The Morgan fingerprint density at radius 1 is 1.06 bits per heavy atom. The third kappa shape index (κ3) is 4.54. The van der Waals surface area contributed by atoms with Crippen LogP contribution in [-0.4, -0.2) is 68.5 Å². The summed E-state index contributed by atoms with van der Waals surface area (Å²) < 4.78 is 5.77. The van der Waals surface area contributed by atoms with Crippen molar-refractivity contribution in [3.63, 3.8) is 0 Å². The molecule has 0 radical (unpaired) electrons. The molecule has 2 aliphatic heterocycles. The second-order valence-corrected chi connectivity index (χ2v) is 9.52. The Balaban J connectivity index is 1.17. The van der Waals surface area contributed by atoms with Crippen LogP contribution in [0.1, 0.15) is 37.3 Å². The Bertz CT molecular complexity index is 1380. The minimum Gasteiger partial charge on any atom is -0.353 e. The second kappa shape index (κ2) is 9.66. The molecule has 2 saturated heterocycles. The van der Waals surface area contributed by atoms with E-state index in [1.807, 2.05) is 41.4 Å². The Kier molecular flexibility index (Phi) is 6.06. The van der Waals surface area contributed by atoms with E-state index in [0.717, 1.165) is 61.3 Å². The van der Waals surface area contributed by atoms with E-state index in [9.17, 15) is 4.79 Å². The molecule has 2 aliphatic rings. The number of nitrogens with zero attached hydrogens (tertiary/aromatic N) is 7. The van der Waals surface area contributed by atoms with Crippen molar-refractivity contribution in [1.29, 1.82) is 0 Å². The van der Waals surface area contributed by atoms with Gasteiger partial charge in [0, 0.05) is 63.0 Å². The van der Waals surface area contributed by atoms with Crippen molar-refractivity contribution < 1.29 is 9.32 Å². The molecule has 0 spiro atoms. The Morgan fingerprint density at radius 2 is 1.92 bits per heavy atom. The molecule has 3 aromatic heterocycles. The third-order valence-electron chi connectivity index (χ3n) is 7.18. The molecule has 0 N–H and O–H groups in total. The number of aromatic nitrogens is 4. The van der Waals surface area contributed by atoms with Crippen molar-refractivity contribution in [3.8, 4) is 11.4 Å². The number of para-hydroxylation sites is 1. The van der Waals surface area contributed by atoms with Crippen molar-refractivity contribution in [2.75, 3.05) is 37.6 Å². The zero-order valence-corrected chi connectivity index (χ0v) is 20.4. The number of rotatable bonds is 5. The molecule has 5 heterocycles. The van der Waals surface area contributed by atoms with E-state index in [1.165, 1.54) is 5.56 Å². The summed E-state index contributed by atoms with van der Waals surface area (Å²) in [5.74, 6) is 2.22. The average Bonchev–Trinajstić information content (AvgIpc) is 3.58. The van der Waals surface area contributed by atoms with Crippen LogP contribution in [0.5, 0.6) is 0 Å². The summed E-state index contributed by atoms with van der Waals surface area (Å²) in [6.07, 6.45) is 5.83. The fraction of sp³-hybridized carbons (Fsp3) is 0.370. The highest BCUT2D eigenvalue weighted by Gasteiger charge is 2.31. The van der Waals surface area contributed by atoms with Gasteiger partial charge in [0.2, 0.25) is 17.6 Å². The van der Waals surface area contributed by atoms with Gasteiger partial charge in [-0.3, -0.25) is 14.7 Å². The molecule has 1 amide bonds. The molecule has 36 heavy (non-hydrogen) atoms. The van der Waals surface area contributed by atoms with Crippen molar-refractivity contribution >= 4 is 22.6 Å². The Hall–Kier alpha value is -3.85. The van der Waals surface area contributed by atoms with Gasteiger partial charge in [-0.15, -0.1) is 0 Å². The zero-order valence-electron chi connectivity index (χ0n) is 20.4. The molecule has 0 bridgehead atoms. The summed E-state index contributed by atoms with van der Waals surface area (Å²) in [6.45, 7) is 6.33. The van der Waals surface area contributed by atoms with E-state index in [-0.39, 0.29) is 11.9 Å². The minimum atomic E-state index is 0.0960. The first kappa shape index (κ1) is 22.6. The number of carbonyl (C=O) groups excluding carboxylic acids is 1. The van der Waals surface area contributed by atoms with Crippen LogP contribution in [0.2, 0.25) is 0 Å². The lowest BCUT2D eigenvalue weighted by Crippen LogP contribution is -2.48. The molecule has 9 heteroatoms. The third-order valence-corrected chi connectivity index (χ3v) is 7.18. The molecule has 2 fully saturated rings. The van der Waals surface area contributed by atoms with Gasteiger partial charge >= 0.3 is 0 Å². The number of hydrogen-bond acceptors (Lipinski definition) is 8. The topological polar surface area (TPSA) is 91.5 Å². The van der Waals surface area contributed by atoms with Gasteiger partial charge in [-0.05, 0) is 49.2 Å². The highest BCUT2D eigenvalue weighted by Crippen LogP contribution is 2.33. The van der Waals surface area contributed by atoms with Crippen LogP contribution in [-0.2, 0) is 11.3 Å². The number of hydrogen-bond donors (Lipinski definition) is 0. The van der Waals surface area contributed by atoms with Gasteiger partial charge in [-0.25, -0.2) is 4.98 Å². The molecule has 9 nitrogen and oxygen atoms in total. The standard InChI is InChI=1S/C27H29N7O2/c1-19(35)32-11-13-33(14-12-32)25-16-22(8-9-28-25)26-30-27(36-31-26)24-7-4-10-34(24)18-20-15-21-5-2-3-6-23(21)29-17-20/h2-3,5-6,8-9,15-17,24H,4,7,10-14,18H2,1H3. The lowest BCUT2D eigenvalue weighted by Gasteiger charge is -2.34. The number of anilines is 1. The monoisotopic (exact) mass is 483 g/mol. The normalized spacial score (nSPS) is 18.8. The summed E-state index contributed by atoms with van der Waals surface area (Å²) in [6, 6.07) is 14.4. The van der Waals surface area contributed by atoms with Gasteiger partial charge in [0.25, 0.3) is 0 Å². The molecule has 4 aromatic rings. The van der Waals surface area contributed by atoms with Gasteiger partial charge in [-0.2, -0.15) is 4.98 Å². The first-order valence-electron chi connectivity index (χ1n) is 12.5. The first-order valence-corrected chi connectivity index (χ1v) is 12.5. The molecule has 6 rings (SSSR count). The summed E-state index contributed by atoms with van der Waals surface area (Å²) in [4.78, 5) is 32.0. The van der Waals surface area contributed by atoms with Gasteiger partial charge in [0.1, 0.15) is 5.82 Å². The average molecular weight is 484 g/mol. The largest absolute Gasteiger partial charge is 0.353 e. The van der Waals surface area contributed by atoms with Crippen LogP contribution < -0.4 is 4.90 Å². The number of amides is 1. The van der Waals surface area contributed by atoms with Crippen LogP contribution in [0.15, 0.2) is 59.4 Å². The van der Waals surface area contributed by atoms with Gasteiger partial charge in [-0.1, -0.05) is 23.4 Å². The Morgan fingerprint density at radius 3 is 2.78 bits per heavy atom. The van der Waals surface area contributed by atoms with Gasteiger partial charge in [0.15, 0.2) is 0 Å². The number of fused-ring (bicyclic) bond motifs is 1. The maximum atomic E-state index is 11.6.